The predicted molar refractivity (Wildman–Crippen MR) is 83.8 cm³/mol. The van der Waals surface area contributed by atoms with Crippen molar-refractivity contribution < 1.29 is 19.1 Å². The normalized spacial score (nSPS) is 20.8. The van der Waals surface area contributed by atoms with Crippen molar-refractivity contribution in [2.24, 2.45) is 0 Å². The Bertz CT molecular complexity index is 547. The molecule has 1 aromatic heterocycles. The minimum absolute atomic E-state index is 0.0204. The number of nitrogen functional groups attached to an aromatic ring is 1. The lowest BCUT2D eigenvalue weighted by Gasteiger charge is -2.32. The summed E-state index contributed by atoms with van der Waals surface area (Å²) in [4.78, 5) is 29.2. The van der Waals surface area contributed by atoms with Crippen molar-refractivity contribution in [3.63, 3.8) is 0 Å². The number of nitrogens with zero attached hydrogens (tertiary/aromatic N) is 2. The SMILES string of the molecule is CN(C)C(=O)CO[C@H]1CCOC[C@H]1NC(=O)c1ccc(N)nc1. The first-order valence-corrected chi connectivity index (χ1v) is 7.39. The van der Waals surface area contributed by atoms with Gasteiger partial charge >= 0.3 is 0 Å². The second-order valence-corrected chi connectivity index (χ2v) is 5.55. The average Bonchev–Trinajstić information content (AvgIpc) is 2.54. The van der Waals surface area contributed by atoms with Crippen molar-refractivity contribution >= 4 is 17.6 Å². The van der Waals surface area contributed by atoms with Crippen LogP contribution in [0.2, 0.25) is 0 Å². The fraction of sp³-hybridized carbons (Fsp3) is 0.533. The van der Waals surface area contributed by atoms with Crippen LogP contribution >= 0.6 is 0 Å². The van der Waals surface area contributed by atoms with Crippen LogP contribution in [0.4, 0.5) is 5.82 Å². The number of likely N-dealkylation sites (N-methyl/N-ethyl adjacent to an activating group) is 1. The summed E-state index contributed by atoms with van der Waals surface area (Å²) >= 11 is 0. The lowest BCUT2D eigenvalue weighted by Crippen LogP contribution is -2.51. The van der Waals surface area contributed by atoms with E-state index in [1.165, 1.54) is 11.1 Å². The zero-order valence-electron chi connectivity index (χ0n) is 13.3. The number of rotatable bonds is 5. The standard InChI is InChI=1S/C15H22N4O4/c1-19(2)14(20)9-23-12-5-6-22-8-11(12)18-15(21)10-3-4-13(16)17-7-10/h3-4,7,11-12H,5-6,8-9H2,1-2H3,(H2,16,17)(H,18,21)/t11-,12+/m1/s1. The number of nitrogens with two attached hydrogens (primary N) is 1. The summed E-state index contributed by atoms with van der Waals surface area (Å²) in [5.41, 5.74) is 5.92. The smallest absolute Gasteiger partial charge is 0.253 e. The van der Waals surface area contributed by atoms with Gasteiger partial charge in [-0.3, -0.25) is 9.59 Å². The van der Waals surface area contributed by atoms with E-state index < -0.39 is 0 Å². The average molecular weight is 322 g/mol. The molecule has 0 aromatic carbocycles. The zero-order valence-corrected chi connectivity index (χ0v) is 13.3. The highest BCUT2D eigenvalue weighted by Gasteiger charge is 2.29. The minimum Gasteiger partial charge on any atom is -0.384 e. The Morgan fingerprint density at radius 1 is 1.48 bits per heavy atom. The van der Waals surface area contributed by atoms with E-state index in [0.717, 1.165) is 0 Å². The third-order valence-corrected chi connectivity index (χ3v) is 3.58. The lowest BCUT2D eigenvalue weighted by molar-refractivity contribution is -0.138. The van der Waals surface area contributed by atoms with Crippen molar-refractivity contribution in [3.8, 4) is 0 Å². The molecule has 23 heavy (non-hydrogen) atoms. The number of pyridine rings is 1. The summed E-state index contributed by atoms with van der Waals surface area (Å²) in [5, 5.41) is 2.86. The molecule has 1 fully saturated rings. The van der Waals surface area contributed by atoms with Gasteiger partial charge < -0.3 is 25.4 Å². The molecule has 8 nitrogen and oxygen atoms in total. The lowest BCUT2D eigenvalue weighted by atomic mass is 10.1. The summed E-state index contributed by atoms with van der Waals surface area (Å²) in [6.07, 6.45) is 1.77. The Kier molecular flexibility index (Phi) is 5.89. The van der Waals surface area contributed by atoms with Crippen molar-refractivity contribution in [1.29, 1.82) is 0 Å². The second-order valence-electron chi connectivity index (χ2n) is 5.55. The summed E-state index contributed by atoms with van der Waals surface area (Å²) in [7, 11) is 3.34. The predicted octanol–water partition coefficient (Wildman–Crippen LogP) is -0.344. The Hall–Kier alpha value is -2.19. The van der Waals surface area contributed by atoms with Crippen LogP contribution in [-0.2, 0) is 14.3 Å². The second kappa shape index (κ2) is 7.89. The van der Waals surface area contributed by atoms with Gasteiger partial charge in [0.25, 0.3) is 5.91 Å². The summed E-state index contributed by atoms with van der Waals surface area (Å²) < 4.78 is 11.0. The molecule has 0 aliphatic carbocycles. The molecule has 1 aliphatic heterocycles. The summed E-state index contributed by atoms with van der Waals surface area (Å²) in [6.45, 7) is 0.860. The van der Waals surface area contributed by atoms with Gasteiger partial charge in [0.2, 0.25) is 5.91 Å². The van der Waals surface area contributed by atoms with E-state index in [1.54, 1.807) is 26.2 Å². The van der Waals surface area contributed by atoms with Crippen LogP contribution in [0.1, 0.15) is 16.8 Å². The van der Waals surface area contributed by atoms with Gasteiger partial charge in [0.05, 0.1) is 24.3 Å². The highest BCUT2D eigenvalue weighted by Crippen LogP contribution is 2.13. The van der Waals surface area contributed by atoms with Crippen molar-refractivity contribution in [3.05, 3.63) is 23.9 Å². The first-order chi connectivity index (χ1) is 11.0. The number of carbonyl (C=O) groups is 2. The number of amides is 2. The molecule has 2 atom stereocenters. The maximum Gasteiger partial charge on any atom is 0.253 e. The van der Waals surface area contributed by atoms with Gasteiger partial charge in [0, 0.05) is 26.9 Å². The molecule has 0 radical (unpaired) electrons. The van der Waals surface area contributed by atoms with Crippen LogP contribution in [-0.4, -0.2) is 67.8 Å². The number of carbonyl (C=O) groups excluding carboxylic acids is 2. The fourth-order valence-electron chi connectivity index (χ4n) is 2.15. The molecular formula is C15H22N4O4. The van der Waals surface area contributed by atoms with Gasteiger partial charge in [0.1, 0.15) is 12.4 Å². The van der Waals surface area contributed by atoms with E-state index in [1.807, 2.05) is 0 Å². The number of ether oxygens (including phenoxy) is 2. The highest BCUT2D eigenvalue weighted by molar-refractivity contribution is 5.94. The Labute approximate surface area is 134 Å². The molecule has 0 spiro atoms. The van der Waals surface area contributed by atoms with E-state index in [0.29, 0.717) is 31.0 Å². The molecule has 0 bridgehead atoms. The molecule has 0 unspecified atom stereocenters. The number of nitrogens with one attached hydrogen (secondary N) is 1. The van der Waals surface area contributed by atoms with Crippen molar-refractivity contribution in [1.82, 2.24) is 15.2 Å². The summed E-state index contributed by atoms with van der Waals surface area (Å²) in [6, 6.07) is 2.85. The van der Waals surface area contributed by atoms with Crippen LogP contribution < -0.4 is 11.1 Å². The maximum absolute atomic E-state index is 12.2. The zero-order chi connectivity index (χ0) is 16.8. The number of aromatic nitrogens is 1. The van der Waals surface area contributed by atoms with E-state index in [-0.39, 0.29) is 30.6 Å². The molecule has 2 rings (SSSR count). The molecule has 126 valence electrons. The molecule has 0 saturated carbocycles. The quantitative estimate of drug-likeness (QED) is 0.768. The van der Waals surface area contributed by atoms with Crippen LogP contribution in [0.25, 0.3) is 0 Å². The maximum atomic E-state index is 12.2. The molecule has 8 heteroatoms. The molecule has 1 saturated heterocycles. The number of anilines is 1. The largest absolute Gasteiger partial charge is 0.384 e. The van der Waals surface area contributed by atoms with Crippen LogP contribution in [0, 0.1) is 0 Å². The number of hydrogen-bond donors (Lipinski definition) is 2. The van der Waals surface area contributed by atoms with Crippen LogP contribution in [0.15, 0.2) is 18.3 Å². The molecule has 2 heterocycles. The van der Waals surface area contributed by atoms with Gasteiger partial charge in [-0.1, -0.05) is 0 Å². The summed E-state index contributed by atoms with van der Waals surface area (Å²) in [5.74, 6) is -0.0456. The molecule has 1 aromatic rings. The van der Waals surface area contributed by atoms with Gasteiger partial charge in [-0.15, -0.1) is 0 Å². The van der Waals surface area contributed by atoms with Crippen molar-refractivity contribution in [2.75, 3.05) is 39.6 Å². The molecule has 1 aliphatic rings. The first kappa shape index (κ1) is 17.2. The molecule has 2 amide bonds. The topological polar surface area (TPSA) is 107 Å². The Balaban J connectivity index is 1.93. The van der Waals surface area contributed by atoms with E-state index >= 15 is 0 Å². The van der Waals surface area contributed by atoms with Gasteiger partial charge in [-0.05, 0) is 18.6 Å². The Morgan fingerprint density at radius 2 is 2.26 bits per heavy atom. The molecular weight excluding hydrogens is 300 g/mol. The Morgan fingerprint density at radius 3 is 2.91 bits per heavy atom. The minimum atomic E-state index is -0.316. The van der Waals surface area contributed by atoms with Gasteiger partial charge in [-0.25, -0.2) is 4.98 Å². The van der Waals surface area contributed by atoms with Gasteiger partial charge in [0.15, 0.2) is 0 Å². The van der Waals surface area contributed by atoms with E-state index in [9.17, 15) is 9.59 Å². The highest BCUT2D eigenvalue weighted by atomic mass is 16.5. The van der Waals surface area contributed by atoms with Gasteiger partial charge in [-0.2, -0.15) is 0 Å². The third-order valence-electron chi connectivity index (χ3n) is 3.58. The van der Waals surface area contributed by atoms with E-state index in [4.69, 9.17) is 15.2 Å². The first-order valence-electron chi connectivity index (χ1n) is 7.39. The third kappa shape index (κ3) is 4.90. The van der Waals surface area contributed by atoms with Crippen LogP contribution in [0.5, 0.6) is 0 Å². The molecule has 3 N–H and O–H groups in total. The van der Waals surface area contributed by atoms with Crippen molar-refractivity contribution in [2.45, 2.75) is 18.6 Å². The van der Waals surface area contributed by atoms with Crippen LogP contribution in [0.3, 0.4) is 0 Å². The van der Waals surface area contributed by atoms with E-state index in [2.05, 4.69) is 10.3 Å². The number of hydrogen-bond acceptors (Lipinski definition) is 6. The fourth-order valence-corrected chi connectivity index (χ4v) is 2.15. The monoisotopic (exact) mass is 322 g/mol.